The highest BCUT2D eigenvalue weighted by Crippen LogP contribution is 2.35. The van der Waals surface area contributed by atoms with Crippen LogP contribution in [0.2, 0.25) is 0 Å². The van der Waals surface area contributed by atoms with E-state index in [1.165, 1.54) is 28.8 Å². The van der Waals surface area contributed by atoms with Crippen LogP contribution in [-0.2, 0) is 0 Å². The van der Waals surface area contributed by atoms with E-state index in [9.17, 15) is 13.2 Å². The van der Waals surface area contributed by atoms with Crippen LogP contribution in [0.4, 0.5) is 13.2 Å². The number of fused-ring (bicyclic) bond motifs is 1. The number of alkyl halides is 2. The molecule has 4 heteroatoms. The molecule has 0 saturated heterocycles. The predicted octanol–water partition coefficient (Wildman–Crippen LogP) is 4.29. The van der Waals surface area contributed by atoms with Gasteiger partial charge in [0.15, 0.2) is 0 Å². The Kier molecular flexibility index (Phi) is 2.23. The quantitative estimate of drug-likeness (QED) is 0.667. The summed E-state index contributed by atoms with van der Waals surface area (Å²) in [6, 6.07) is 2.52. The van der Waals surface area contributed by atoms with Crippen molar-refractivity contribution in [1.29, 1.82) is 0 Å². The number of hydrogen-bond acceptors (Lipinski definition) is 1. The lowest BCUT2D eigenvalue weighted by molar-refractivity contribution is 0.153. The molecule has 0 aliphatic heterocycles. The van der Waals surface area contributed by atoms with Crippen molar-refractivity contribution < 1.29 is 13.2 Å². The fourth-order valence-corrected chi connectivity index (χ4v) is 2.48. The summed E-state index contributed by atoms with van der Waals surface area (Å²) < 4.78 is 38.7. The van der Waals surface area contributed by atoms with Gasteiger partial charge in [-0.3, -0.25) is 0 Å². The molecule has 0 saturated carbocycles. The number of hydrogen-bond donors (Lipinski definition) is 0. The minimum absolute atomic E-state index is 0.0763. The highest BCUT2D eigenvalue weighted by Gasteiger charge is 2.15. The van der Waals surface area contributed by atoms with Gasteiger partial charge in [0.05, 0.1) is 0 Å². The van der Waals surface area contributed by atoms with E-state index in [1.807, 2.05) is 0 Å². The molecular formula is C10H7F3S. The highest BCUT2D eigenvalue weighted by molar-refractivity contribution is 7.17. The lowest BCUT2D eigenvalue weighted by Gasteiger charge is -1.99. The molecular weight excluding hydrogens is 209 g/mol. The van der Waals surface area contributed by atoms with Gasteiger partial charge in [0.2, 0.25) is 0 Å². The van der Waals surface area contributed by atoms with E-state index in [4.69, 9.17) is 0 Å². The Morgan fingerprint density at radius 1 is 1.29 bits per heavy atom. The maximum atomic E-state index is 13.0. The van der Waals surface area contributed by atoms with Gasteiger partial charge < -0.3 is 0 Å². The molecule has 0 amide bonds. The minimum atomic E-state index is -2.54. The standard InChI is InChI=1S/C10H7F3S/c1-5-2-6(11)3-7-8(10(12)13)4-14-9(5)7/h2-4,10H,1H3. The van der Waals surface area contributed by atoms with Gasteiger partial charge in [-0.15, -0.1) is 11.3 Å². The molecule has 1 aromatic heterocycles. The maximum Gasteiger partial charge on any atom is 0.265 e. The fraction of sp³-hybridized carbons (Fsp3) is 0.200. The first-order valence-corrected chi connectivity index (χ1v) is 4.93. The van der Waals surface area contributed by atoms with Crippen LogP contribution in [0.25, 0.3) is 10.1 Å². The Morgan fingerprint density at radius 3 is 2.64 bits per heavy atom. The zero-order valence-corrected chi connectivity index (χ0v) is 8.17. The average Bonchev–Trinajstić information content (AvgIpc) is 2.47. The van der Waals surface area contributed by atoms with Crippen molar-refractivity contribution in [3.8, 4) is 0 Å². The summed E-state index contributed by atoms with van der Waals surface area (Å²) in [6.07, 6.45) is -2.54. The van der Waals surface area contributed by atoms with Crippen LogP contribution in [-0.4, -0.2) is 0 Å². The molecule has 74 valence electrons. The molecule has 2 aromatic rings. The van der Waals surface area contributed by atoms with Crippen LogP contribution in [0.15, 0.2) is 17.5 Å². The largest absolute Gasteiger partial charge is 0.265 e. The first-order chi connectivity index (χ1) is 6.59. The summed E-state index contributed by atoms with van der Waals surface area (Å²) in [4.78, 5) is 0. The molecule has 0 fully saturated rings. The normalized spacial score (nSPS) is 11.5. The third kappa shape index (κ3) is 1.39. The first kappa shape index (κ1) is 9.52. The lowest BCUT2D eigenvalue weighted by Crippen LogP contribution is -1.83. The zero-order chi connectivity index (χ0) is 10.3. The van der Waals surface area contributed by atoms with Gasteiger partial charge in [-0.1, -0.05) is 0 Å². The number of halogens is 3. The molecule has 14 heavy (non-hydrogen) atoms. The lowest BCUT2D eigenvalue weighted by atomic mass is 10.1. The average molecular weight is 216 g/mol. The third-order valence-electron chi connectivity index (χ3n) is 2.09. The smallest absolute Gasteiger partial charge is 0.207 e. The number of rotatable bonds is 1. The van der Waals surface area contributed by atoms with Crippen molar-refractivity contribution >= 4 is 21.4 Å². The SMILES string of the molecule is Cc1cc(F)cc2c(C(F)F)csc12. The third-order valence-corrected chi connectivity index (χ3v) is 3.24. The molecule has 1 heterocycles. The van der Waals surface area contributed by atoms with E-state index in [0.29, 0.717) is 10.9 Å². The summed E-state index contributed by atoms with van der Waals surface area (Å²) in [5, 5.41) is 1.73. The first-order valence-electron chi connectivity index (χ1n) is 4.05. The summed E-state index contributed by atoms with van der Waals surface area (Å²) in [5.74, 6) is -0.463. The van der Waals surface area contributed by atoms with Crippen LogP contribution >= 0.6 is 11.3 Å². The second kappa shape index (κ2) is 3.28. The number of thiophene rings is 1. The van der Waals surface area contributed by atoms with E-state index >= 15 is 0 Å². The summed E-state index contributed by atoms with van der Waals surface area (Å²) in [6.45, 7) is 1.72. The second-order valence-electron chi connectivity index (χ2n) is 3.09. The van der Waals surface area contributed by atoms with Crippen LogP contribution in [0.5, 0.6) is 0 Å². The summed E-state index contributed by atoms with van der Waals surface area (Å²) in [7, 11) is 0. The van der Waals surface area contributed by atoms with Crippen molar-refractivity contribution in [2.45, 2.75) is 13.3 Å². The van der Waals surface area contributed by atoms with Crippen LogP contribution in [0.1, 0.15) is 17.6 Å². The molecule has 1 aromatic carbocycles. The van der Waals surface area contributed by atoms with E-state index in [0.717, 1.165) is 4.70 Å². The molecule has 0 N–H and O–H groups in total. The van der Waals surface area contributed by atoms with Gasteiger partial charge in [0.1, 0.15) is 5.82 Å². The monoisotopic (exact) mass is 216 g/mol. The Hall–Kier alpha value is -1.03. The molecule has 0 unspecified atom stereocenters. The van der Waals surface area contributed by atoms with E-state index < -0.39 is 12.2 Å². The van der Waals surface area contributed by atoms with Crippen LogP contribution in [0, 0.1) is 12.7 Å². The Labute approximate surface area is 83.0 Å². The molecule has 0 aliphatic carbocycles. The van der Waals surface area contributed by atoms with E-state index in [2.05, 4.69) is 0 Å². The summed E-state index contributed by atoms with van der Waals surface area (Å²) in [5.41, 5.74) is 0.629. The van der Waals surface area contributed by atoms with Gasteiger partial charge in [-0.05, 0) is 24.6 Å². The highest BCUT2D eigenvalue weighted by atomic mass is 32.1. The van der Waals surface area contributed by atoms with Gasteiger partial charge in [-0.25, -0.2) is 13.2 Å². The van der Waals surface area contributed by atoms with Crippen molar-refractivity contribution in [3.63, 3.8) is 0 Å². The molecule has 0 bridgehead atoms. The maximum absolute atomic E-state index is 13.0. The molecule has 0 radical (unpaired) electrons. The van der Waals surface area contributed by atoms with Gasteiger partial charge >= 0.3 is 0 Å². The van der Waals surface area contributed by atoms with E-state index in [-0.39, 0.29) is 5.56 Å². The van der Waals surface area contributed by atoms with Crippen molar-refractivity contribution in [2.75, 3.05) is 0 Å². The Bertz CT molecular complexity index is 473. The van der Waals surface area contributed by atoms with Gasteiger partial charge in [0, 0.05) is 21.0 Å². The van der Waals surface area contributed by atoms with Crippen molar-refractivity contribution in [1.82, 2.24) is 0 Å². The van der Waals surface area contributed by atoms with Gasteiger partial charge in [0.25, 0.3) is 6.43 Å². The zero-order valence-electron chi connectivity index (χ0n) is 7.35. The number of benzene rings is 1. The van der Waals surface area contributed by atoms with E-state index in [1.54, 1.807) is 6.92 Å². The van der Waals surface area contributed by atoms with Gasteiger partial charge in [-0.2, -0.15) is 0 Å². The topological polar surface area (TPSA) is 0 Å². The molecule has 0 aliphatic rings. The molecule has 0 nitrogen and oxygen atoms in total. The van der Waals surface area contributed by atoms with Crippen molar-refractivity contribution in [3.05, 3.63) is 34.5 Å². The van der Waals surface area contributed by atoms with Crippen molar-refractivity contribution in [2.24, 2.45) is 0 Å². The Morgan fingerprint density at radius 2 is 2.00 bits per heavy atom. The van der Waals surface area contributed by atoms with Crippen LogP contribution in [0.3, 0.4) is 0 Å². The minimum Gasteiger partial charge on any atom is -0.207 e. The summed E-state index contributed by atoms with van der Waals surface area (Å²) >= 11 is 1.23. The molecule has 0 spiro atoms. The predicted molar refractivity (Wildman–Crippen MR) is 51.5 cm³/mol. The molecule has 0 atom stereocenters. The second-order valence-corrected chi connectivity index (χ2v) is 3.97. The number of aryl methyl sites for hydroxylation is 1. The molecule has 2 rings (SSSR count). The Balaban J connectivity index is 2.78. The fourth-order valence-electron chi connectivity index (χ4n) is 1.46. The van der Waals surface area contributed by atoms with Crippen LogP contribution < -0.4 is 0 Å².